The van der Waals surface area contributed by atoms with Gasteiger partial charge in [-0.05, 0) is 36.4 Å². The molecule has 1 aromatic heterocycles. The first-order valence-corrected chi connectivity index (χ1v) is 9.77. The third kappa shape index (κ3) is 3.85. The van der Waals surface area contributed by atoms with Crippen molar-refractivity contribution in [3.63, 3.8) is 0 Å². The van der Waals surface area contributed by atoms with Crippen LogP contribution in [0.2, 0.25) is 10.0 Å². The number of aliphatic hydroxyl groups is 1. The Hall–Kier alpha value is -3.07. The summed E-state index contributed by atoms with van der Waals surface area (Å²) < 4.78 is 1.39. The van der Waals surface area contributed by atoms with Gasteiger partial charge in [0.1, 0.15) is 5.69 Å². The van der Waals surface area contributed by atoms with Crippen LogP contribution in [0.3, 0.4) is 0 Å². The van der Waals surface area contributed by atoms with Crippen molar-refractivity contribution >= 4 is 46.4 Å². The van der Waals surface area contributed by atoms with Crippen LogP contribution < -0.4 is 11.1 Å². The molecule has 0 bridgehead atoms. The number of para-hydroxylation sites is 1. The molecule has 1 aliphatic heterocycles. The number of benzene rings is 2. The number of nitrogens with two attached hydrogens (primary N) is 1. The molecule has 30 heavy (non-hydrogen) atoms. The van der Waals surface area contributed by atoms with Gasteiger partial charge >= 0.3 is 0 Å². The van der Waals surface area contributed by atoms with Crippen LogP contribution in [0.1, 0.15) is 20.8 Å². The Labute approximate surface area is 181 Å². The number of halogens is 2. The van der Waals surface area contributed by atoms with E-state index in [0.29, 0.717) is 45.8 Å². The Morgan fingerprint density at radius 3 is 2.30 bits per heavy atom. The summed E-state index contributed by atoms with van der Waals surface area (Å²) in [6.07, 6.45) is 1.11. The second kappa shape index (κ2) is 7.98. The summed E-state index contributed by atoms with van der Waals surface area (Å²) in [6.45, 7) is 0.676. The zero-order valence-corrected chi connectivity index (χ0v) is 17.1. The highest BCUT2D eigenvalue weighted by atomic mass is 35.5. The van der Waals surface area contributed by atoms with Crippen molar-refractivity contribution in [1.82, 2.24) is 14.7 Å². The number of carbonyl (C=O) groups excluding carboxylic acids is 2. The van der Waals surface area contributed by atoms with Gasteiger partial charge in [0.25, 0.3) is 11.8 Å². The number of aliphatic hydroxyl groups excluding tert-OH is 1. The van der Waals surface area contributed by atoms with Gasteiger partial charge in [-0.2, -0.15) is 5.10 Å². The minimum Gasteiger partial charge on any atom is -0.389 e. The fourth-order valence-corrected chi connectivity index (χ4v) is 3.70. The fraction of sp³-hybridized carbons (Fsp3) is 0.150. The predicted molar refractivity (Wildman–Crippen MR) is 114 cm³/mol. The number of hydrogen-bond donors (Lipinski definition) is 3. The second-order valence-corrected chi connectivity index (χ2v) is 7.65. The Morgan fingerprint density at radius 1 is 1.10 bits per heavy atom. The van der Waals surface area contributed by atoms with Crippen molar-refractivity contribution in [2.24, 2.45) is 5.73 Å². The summed E-state index contributed by atoms with van der Waals surface area (Å²) in [6, 6.07) is 11.8. The van der Waals surface area contributed by atoms with Gasteiger partial charge in [0, 0.05) is 24.3 Å². The number of aromatic nitrogens is 2. The molecule has 154 valence electrons. The second-order valence-electron chi connectivity index (χ2n) is 6.84. The largest absolute Gasteiger partial charge is 0.389 e. The molecule has 0 spiro atoms. The average Bonchev–Trinajstić information content (AvgIpc) is 3.09. The van der Waals surface area contributed by atoms with Gasteiger partial charge in [-0.1, -0.05) is 29.3 Å². The molecule has 0 radical (unpaired) electrons. The minimum absolute atomic E-state index is 0.0145. The van der Waals surface area contributed by atoms with Gasteiger partial charge in [0.05, 0.1) is 28.0 Å². The van der Waals surface area contributed by atoms with Gasteiger partial charge < -0.3 is 21.1 Å². The van der Waals surface area contributed by atoms with E-state index in [9.17, 15) is 14.7 Å². The molecule has 0 aliphatic carbocycles. The first-order valence-electron chi connectivity index (χ1n) is 9.02. The lowest BCUT2D eigenvalue weighted by Crippen LogP contribution is -2.53. The number of anilines is 2. The van der Waals surface area contributed by atoms with Crippen molar-refractivity contribution in [3.8, 4) is 5.69 Å². The van der Waals surface area contributed by atoms with Crippen LogP contribution >= 0.6 is 23.2 Å². The average molecular weight is 446 g/mol. The predicted octanol–water partition coefficient (Wildman–Crippen LogP) is 2.84. The monoisotopic (exact) mass is 445 g/mol. The number of primary amides is 1. The molecule has 1 fully saturated rings. The van der Waals surface area contributed by atoms with Crippen LogP contribution in [-0.2, 0) is 0 Å². The Morgan fingerprint density at radius 2 is 1.73 bits per heavy atom. The highest BCUT2D eigenvalue weighted by Gasteiger charge is 2.29. The lowest BCUT2D eigenvalue weighted by molar-refractivity contribution is 0.00590. The molecule has 1 saturated heterocycles. The molecule has 0 unspecified atom stereocenters. The molecule has 4 N–H and O–H groups in total. The smallest absolute Gasteiger partial charge is 0.271 e. The van der Waals surface area contributed by atoms with Gasteiger partial charge in [-0.3, -0.25) is 9.59 Å². The number of nitrogens with one attached hydrogen (secondary N) is 1. The van der Waals surface area contributed by atoms with Crippen LogP contribution in [-0.4, -0.2) is 50.8 Å². The van der Waals surface area contributed by atoms with Gasteiger partial charge in [0.15, 0.2) is 5.69 Å². The van der Waals surface area contributed by atoms with Gasteiger partial charge in [0.2, 0.25) is 0 Å². The van der Waals surface area contributed by atoms with E-state index in [-0.39, 0.29) is 11.6 Å². The Kier molecular flexibility index (Phi) is 5.38. The Balaban J connectivity index is 1.59. The number of hydrogen-bond acceptors (Lipinski definition) is 5. The van der Waals surface area contributed by atoms with Crippen molar-refractivity contribution in [2.45, 2.75) is 6.10 Å². The number of rotatable bonds is 5. The van der Waals surface area contributed by atoms with E-state index in [4.69, 9.17) is 28.9 Å². The first kappa shape index (κ1) is 20.2. The highest BCUT2D eigenvalue weighted by molar-refractivity contribution is 6.37. The number of β-amino-alcohol motifs (C(OH)–C–C–N with tert-alkyl or cyclic N) is 1. The van der Waals surface area contributed by atoms with Crippen LogP contribution in [0.4, 0.5) is 11.4 Å². The number of likely N-dealkylation sites (tertiary alicyclic amines) is 1. The summed E-state index contributed by atoms with van der Waals surface area (Å²) in [5.41, 5.74) is 7.41. The van der Waals surface area contributed by atoms with Crippen molar-refractivity contribution < 1.29 is 14.7 Å². The number of carbonyl (C=O) groups is 2. The molecule has 2 aromatic carbocycles. The van der Waals surface area contributed by atoms with E-state index in [2.05, 4.69) is 10.4 Å². The van der Waals surface area contributed by atoms with Crippen LogP contribution in [0.15, 0.2) is 48.7 Å². The summed E-state index contributed by atoms with van der Waals surface area (Å²) in [4.78, 5) is 25.8. The van der Waals surface area contributed by atoms with E-state index in [1.165, 1.54) is 4.68 Å². The molecular weight excluding hydrogens is 429 g/mol. The molecule has 8 nitrogen and oxygen atoms in total. The molecule has 2 heterocycles. The maximum atomic E-state index is 12.3. The van der Waals surface area contributed by atoms with E-state index in [1.807, 2.05) is 0 Å². The lowest BCUT2D eigenvalue weighted by atomic mass is 10.1. The maximum absolute atomic E-state index is 12.3. The van der Waals surface area contributed by atoms with Crippen molar-refractivity contribution in [1.29, 1.82) is 0 Å². The molecule has 2 amide bonds. The number of nitrogens with zero attached hydrogens (tertiary/aromatic N) is 3. The minimum atomic E-state index is -0.720. The SMILES string of the molecule is NC(=O)c1nn(-c2c(Cl)cccc2Cl)cc1Nc1ccc(C(=O)N2CC(O)C2)cc1. The quantitative estimate of drug-likeness (QED) is 0.558. The molecule has 10 heteroatoms. The van der Waals surface area contributed by atoms with Crippen LogP contribution in [0, 0.1) is 0 Å². The lowest BCUT2D eigenvalue weighted by Gasteiger charge is -2.35. The highest BCUT2D eigenvalue weighted by Crippen LogP contribution is 2.30. The van der Waals surface area contributed by atoms with Crippen LogP contribution in [0.5, 0.6) is 0 Å². The molecule has 4 rings (SSSR count). The first-order chi connectivity index (χ1) is 14.3. The zero-order valence-electron chi connectivity index (χ0n) is 15.5. The van der Waals surface area contributed by atoms with Crippen molar-refractivity contribution in [3.05, 3.63) is 70.0 Å². The Bertz CT molecular complexity index is 1100. The molecule has 1 aliphatic rings. The van der Waals surface area contributed by atoms with Crippen molar-refractivity contribution in [2.75, 3.05) is 18.4 Å². The topological polar surface area (TPSA) is 113 Å². The third-order valence-corrected chi connectivity index (χ3v) is 5.28. The zero-order chi connectivity index (χ0) is 21.4. The summed E-state index contributed by atoms with van der Waals surface area (Å²) in [5.74, 6) is -0.867. The maximum Gasteiger partial charge on any atom is 0.271 e. The van der Waals surface area contributed by atoms with E-state index >= 15 is 0 Å². The third-order valence-electron chi connectivity index (χ3n) is 4.67. The molecule has 0 atom stereocenters. The molecular formula is C20H17Cl2N5O3. The van der Waals surface area contributed by atoms with Gasteiger partial charge in [-0.25, -0.2) is 4.68 Å². The van der Waals surface area contributed by atoms with Gasteiger partial charge in [-0.15, -0.1) is 0 Å². The summed E-state index contributed by atoms with van der Waals surface area (Å²) >= 11 is 12.5. The fourth-order valence-electron chi connectivity index (χ4n) is 3.13. The van der Waals surface area contributed by atoms with E-state index in [1.54, 1.807) is 53.6 Å². The summed E-state index contributed by atoms with van der Waals surface area (Å²) in [7, 11) is 0. The molecule has 3 aromatic rings. The standard InChI is InChI=1S/C20H17Cl2N5O3/c21-14-2-1-3-15(22)18(14)27-10-16(17(25-27)19(23)29)24-12-6-4-11(5-7-12)20(30)26-8-13(28)9-26/h1-7,10,13,24,28H,8-9H2,(H2,23,29). The number of amides is 2. The van der Waals surface area contributed by atoms with E-state index in [0.717, 1.165) is 0 Å². The summed E-state index contributed by atoms with van der Waals surface area (Å²) in [5, 5.41) is 17.4. The van der Waals surface area contributed by atoms with Crippen LogP contribution in [0.25, 0.3) is 5.69 Å². The molecule has 0 saturated carbocycles. The van der Waals surface area contributed by atoms with E-state index < -0.39 is 12.0 Å². The normalized spacial score (nSPS) is 13.8.